The Morgan fingerprint density at radius 1 is 1.36 bits per heavy atom. The van der Waals surface area contributed by atoms with Gasteiger partial charge >= 0.3 is 0 Å². The normalized spacial score (nSPS) is 18.1. The summed E-state index contributed by atoms with van der Waals surface area (Å²) in [5.74, 6) is 2.57. The first-order valence-corrected chi connectivity index (χ1v) is 8.43. The van der Waals surface area contributed by atoms with Crippen LogP contribution >= 0.6 is 11.3 Å². The number of fused-ring (bicyclic) bond motifs is 2. The second-order valence-electron chi connectivity index (χ2n) is 6.14. The molecule has 116 valence electrons. The largest absolute Gasteiger partial charge is 0.356 e. The molecule has 1 atom stereocenters. The van der Waals surface area contributed by atoms with Crippen molar-refractivity contribution in [3.05, 3.63) is 23.5 Å². The van der Waals surface area contributed by atoms with Crippen molar-refractivity contribution in [1.82, 2.24) is 29.4 Å². The van der Waals surface area contributed by atoms with Crippen LogP contribution in [0.4, 0.5) is 5.13 Å². The van der Waals surface area contributed by atoms with Gasteiger partial charge in [-0.3, -0.25) is 0 Å². The van der Waals surface area contributed by atoms with Crippen molar-refractivity contribution in [2.75, 3.05) is 5.32 Å². The lowest BCUT2D eigenvalue weighted by Crippen LogP contribution is -2.32. The molecule has 0 radical (unpaired) electrons. The number of hydrogen-bond donors (Lipinski definition) is 1. The Morgan fingerprint density at radius 3 is 3.00 bits per heavy atom. The minimum atomic E-state index is 0.359. The summed E-state index contributed by atoms with van der Waals surface area (Å²) in [5, 5.41) is 17.7. The molecule has 0 spiro atoms. The Hall–Kier alpha value is -1.96. The van der Waals surface area contributed by atoms with Gasteiger partial charge in [-0.15, -0.1) is 15.3 Å². The summed E-state index contributed by atoms with van der Waals surface area (Å²) < 4.78 is 4.10. The van der Waals surface area contributed by atoms with E-state index >= 15 is 0 Å². The minimum absolute atomic E-state index is 0.359. The van der Waals surface area contributed by atoms with E-state index in [2.05, 4.69) is 44.0 Å². The maximum Gasteiger partial charge on any atom is 0.214 e. The summed E-state index contributed by atoms with van der Waals surface area (Å²) in [5.41, 5.74) is 0.999. The van der Waals surface area contributed by atoms with Crippen molar-refractivity contribution in [2.45, 2.75) is 52.1 Å². The van der Waals surface area contributed by atoms with E-state index in [4.69, 9.17) is 0 Å². The molecule has 0 bridgehead atoms. The Morgan fingerprint density at radius 2 is 2.23 bits per heavy atom. The topological polar surface area (TPSA) is 72.9 Å². The molecule has 3 aromatic heterocycles. The molecule has 22 heavy (non-hydrogen) atoms. The van der Waals surface area contributed by atoms with Gasteiger partial charge in [-0.25, -0.2) is 9.50 Å². The predicted octanol–water partition coefficient (Wildman–Crippen LogP) is 2.24. The zero-order valence-electron chi connectivity index (χ0n) is 12.9. The molecule has 0 fully saturated rings. The number of anilines is 1. The predicted molar refractivity (Wildman–Crippen MR) is 85.4 cm³/mol. The summed E-state index contributed by atoms with van der Waals surface area (Å²) in [6.07, 6.45) is 3.96. The van der Waals surface area contributed by atoms with Crippen LogP contribution in [0.2, 0.25) is 0 Å². The van der Waals surface area contributed by atoms with Gasteiger partial charge in [0, 0.05) is 24.9 Å². The average Bonchev–Trinajstić information content (AvgIpc) is 3.10. The van der Waals surface area contributed by atoms with Gasteiger partial charge in [0.25, 0.3) is 0 Å². The second kappa shape index (κ2) is 5.05. The van der Waals surface area contributed by atoms with Crippen molar-refractivity contribution in [1.29, 1.82) is 0 Å². The number of rotatable bonds is 3. The van der Waals surface area contributed by atoms with E-state index in [9.17, 15) is 0 Å². The summed E-state index contributed by atoms with van der Waals surface area (Å²) in [6.45, 7) is 7.20. The number of nitrogens with zero attached hydrogens (tertiary/aromatic N) is 6. The molecular weight excluding hydrogens is 298 g/mol. The Kier molecular flexibility index (Phi) is 3.14. The van der Waals surface area contributed by atoms with Gasteiger partial charge in [-0.2, -0.15) is 0 Å². The molecule has 4 heterocycles. The van der Waals surface area contributed by atoms with Gasteiger partial charge in [0.2, 0.25) is 10.1 Å². The maximum absolute atomic E-state index is 4.55. The summed E-state index contributed by atoms with van der Waals surface area (Å²) in [4.78, 5) is 5.38. The quantitative estimate of drug-likeness (QED) is 0.802. The molecule has 0 aromatic carbocycles. The minimum Gasteiger partial charge on any atom is -0.356 e. The zero-order chi connectivity index (χ0) is 15.3. The first kappa shape index (κ1) is 13.7. The summed E-state index contributed by atoms with van der Waals surface area (Å²) in [6, 6.07) is 0.359. The first-order chi connectivity index (χ1) is 10.6. The smallest absolute Gasteiger partial charge is 0.214 e. The number of imidazole rings is 1. The third-order valence-electron chi connectivity index (χ3n) is 3.98. The molecule has 0 amide bonds. The standard InChI is InChI=1S/C14H19N7S/c1-8(2)12-18-17-11-5-4-10(7-20(11)12)16-13-19-21-6-9(3)15-14(21)22-13/h6,8,10H,4-5,7H2,1-3H3,(H,16,19). The number of hydrogen-bond acceptors (Lipinski definition) is 6. The fourth-order valence-corrected chi connectivity index (χ4v) is 3.84. The average molecular weight is 317 g/mol. The van der Waals surface area contributed by atoms with E-state index in [1.165, 1.54) is 0 Å². The van der Waals surface area contributed by atoms with Gasteiger partial charge in [0.05, 0.1) is 11.9 Å². The van der Waals surface area contributed by atoms with Crippen molar-refractivity contribution in [3.63, 3.8) is 0 Å². The molecule has 8 heteroatoms. The van der Waals surface area contributed by atoms with Crippen molar-refractivity contribution in [3.8, 4) is 0 Å². The number of aryl methyl sites for hydroxylation is 2. The Labute approximate surface area is 132 Å². The van der Waals surface area contributed by atoms with Crippen molar-refractivity contribution < 1.29 is 0 Å². The van der Waals surface area contributed by atoms with Crippen LogP contribution in [0.5, 0.6) is 0 Å². The van der Waals surface area contributed by atoms with Crippen LogP contribution in [0.3, 0.4) is 0 Å². The van der Waals surface area contributed by atoms with Gasteiger partial charge < -0.3 is 9.88 Å². The fraction of sp³-hybridized carbons (Fsp3) is 0.571. The van der Waals surface area contributed by atoms with Crippen LogP contribution in [0.1, 0.15) is 43.5 Å². The fourth-order valence-electron chi connectivity index (χ4n) is 2.94. The molecule has 7 nitrogen and oxygen atoms in total. The molecular formula is C14H19N7S. The van der Waals surface area contributed by atoms with Crippen LogP contribution < -0.4 is 5.32 Å². The Bertz CT molecular complexity index is 781. The SMILES string of the molecule is Cc1cn2nc(NC3CCc4nnc(C(C)C)n4C3)sc2n1. The summed E-state index contributed by atoms with van der Waals surface area (Å²) in [7, 11) is 0. The third kappa shape index (κ3) is 2.27. The highest BCUT2D eigenvalue weighted by atomic mass is 32.1. The molecule has 1 unspecified atom stereocenters. The lowest BCUT2D eigenvalue weighted by atomic mass is 10.1. The molecule has 1 aliphatic heterocycles. The number of aromatic nitrogens is 6. The van der Waals surface area contributed by atoms with Crippen molar-refractivity contribution in [2.24, 2.45) is 0 Å². The lowest BCUT2D eigenvalue weighted by Gasteiger charge is -2.25. The van der Waals surface area contributed by atoms with Gasteiger partial charge in [-0.05, 0) is 13.3 Å². The van der Waals surface area contributed by atoms with Crippen molar-refractivity contribution >= 4 is 21.4 Å². The highest BCUT2D eigenvalue weighted by Gasteiger charge is 2.24. The molecule has 1 aliphatic rings. The molecule has 4 rings (SSSR count). The molecule has 3 aromatic rings. The first-order valence-electron chi connectivity index (χ1n) is 7.61. The third-order valence-corrected chi connectivity index (χ3v) is 4.84. The van der Waals surface area contributed by atoms with Gasteiger partial charge in [0.15, 0.2) is 0 Å². The second-order valence-corrected chi connectivity index (χ2v) is 7.09. The molecule has 0 saturated carbocycles. The van der Waals surface area contributed by atoms with E-state index in [1.807, 2.05) is 17.6 Å². The molecule has 0 saturated heterocycles. The van der Waals surface area contributed by atoms with Gasteiger partial charge in [-0.1, -0.05) is 25.2 Å². The van der Waals surface area contributed by atoms with Crippen LogP contribution in [-0.2, 0) is 13.0 Å². The number of nitrogens with one attached hydrogen (secondary N) is 1. The highest BCUT2D eigenvalue weighted by molar-refractivity contribution is 7.20. The maximum atomic E-state index is 4.55. The highest BCUT2D eigenvalue weighted by Crippen LogP contribution is 2.24. The van der Waals surface area contributed by atoms with Crippen LogP contribution in [0.25, 0.3) is 4.96 Å². The van der Waals surface area contributed by atoms with Crippen LogP contribution in [-0.4, -0.2) is 35.4 Å². The van der Waals surface area contributed by atoms with E-state index in [1.54, 1.807) is 11.3 Å². The monoisotopic (exact) mass is 317 g/mol. The zero-order valence-corrected chi connectivity index (χ0v) is 13.8. The van der Waals surface area contributed by atoms with E-state index in [0.717, 1.165) is 46.8 Å². The van der Waals surface area contributed by atoms with E-state index in [0.29, 0.717) is 12.0 Å². The van der Waals surface area contributed by atoms with E-state index in [-0.39, 0.29) is 0 Å². The summed E-state index contributed by atoms with van der Waals surface area (Å²) >= 11 is 1.59. The molecule has 0 aliphatic carbocycles. The molecule has 1 N–H and O–H groups in total. The Balaban J connectivity index is 1.54. The van der Waals surface area contributed by atoms with E-state index < -0.39 is 0 Å². The van der Waals surface area contributed by atoms with Crippen LogP contribution in [0.15, 0.2) is 6.20 Å². The van der Waals surface area contributed by atoms with Gasteiger partial charge in [0.1, 0.15) is 11.6 Å². The lowest BCUT2D eigenvalue weighted by molar-refractivity contribution is 0.459. The van der Waals surface area contributed by atoms with Crippen LogP contribution in [0, 0.1) is 6.92 Å².